The monoisotopic (exact) mass is 265 g/mol. The Morgan fingerprint density at radius 2 is 2.17 bits per heavy atom. The van der Waals surface area contributed by atoms with Crippen molar-refractivity contribution in [3.8, 4) is 0 Å². The number of aromatic nitrogens is 3. The van der Waals surface area contributed by atoms with Gasteiger partial charge in [0.15, 0.2) is 5.16 Å². The molecule has 2 heterocycles. The number of aliphatic hydroxyl groups is 2. The smallest absolute Gasteiger partial charge is 0.168 e. The van der Waals surface area contributed by atoms with Crippen LogP contribution in [0.4, 0.5) is 0 Å². The van der Waals surface area contributed by atoms with Gasteiger partial charge >= 0.3 is 0 Å². The standard InChI is InChI=1S/C12H15N3O2S/c16-8-11(17)9-18-12-14-5-6-15(12)7-10-3-1-2-4-13-10/h1-6,11,16-17H,7-9H2. The molecule has 6 heteroatoms. The molecule has 0 fully saturated rings. The maximum absolute atomic E-state index is 9.32. The number of imidazole rings is 1. The van der Waals surface area contributed by atoms with Crippen LogP contribution < -0.4 is 0 Å². The second-order valence-electron chi connectivity index (χ2n) is 3.81. The molecule has 0 aliphatic carbocycles. The van der Waals surface area contributed by atoms with Crippen LogP contribution in [0, 0.1) is 0 Å². The molecule has 96 valence electrons. The molecule has 1 unspecified atom stereocenters. The van der Waals surface area contributed by atoms with Crippen molar-refractivity contribution < 1.29 is 10.2 Å². The fourth-order valence-corrected chi connectivity index (χ4v) is 2.32. The van der Waals surface area contributed by atoms with Gasteiger partial charge in [-0.25, -0.2) is 4.98 Å². The fraction of sp³-hybridized carbons (Fsp3) is 0.333. The van der Waals surface area contributed by atoms with E-state index in [0.29, 0.717) is 12.3 Å². The van der Waals surface area contributed by atoms with E-state index in [0.717, 1.165) is 10.9 Å². The van der Waals surface area contributed by atoms with E-state index in [2.05, 4.69) is 9.97 Å². The van der Waals surface area contributed by atoms with E-state index in [9.17, 15) is 5.11 Å². The minimum Gasteiger partial charge on any atom is -0.394 e. The van der Waals surface area contributed by atoms with Crippen LogP contribution in [-0.2, 0) is 6.54 Å². The summed E-state index contributed by atoms with van der Waals surface area (Å²) in [5.74, 6) is 0.426. The molecule has 0 amide bonds. The normalized spacial score (nSPS) is 12.6. The Bertz CT molecular complexity index is 475. The van der Waals surface area contributed by atoms with Gasteiger partial charge in [0.1, 0.15) is 0 Å². The predicted molar refractivity (Wildman–Crippen MR) is 69.4 cm³/mol. The summed E-state index contributed by atoms with van der Waals surface area (Å²) >= 11 is 1.42. The van der Waals surface area contributed by atoms with Crippen LogP contribution in [0.25, 0.3) is 0 Å². The van der Waals surface area contributed by atoms with E-state index in [-0.39, 0.29) is 6.61 Å². The van der Waals surface area contributed by atoms with Gasteiger partial charge in [-0.1, -0.05) is 17.8 Å². The van der Waals surface area contributed by atoms with E-state index >= 15 is 0 Å². The molecule has 2 rings (SSSR count). The van der Waals surface area contributed by atoms with Crippen molar-refractivity contribution in [2.24, 2.45) is 0 Å². The van der Waals surface area contributed by atoms with Crippen LogP contribution in [0.5, 0.6) is 0 Å². The molecular formula is C12H15N3O2S. The highest BCUT2D eigenvalue weighted by Crippen LogP contribution is 2.17. The molecule has 18 heavy (non-hydrogen) atoms. The average molecular weight is 265 g/mol. The summed E-state index contributed by atoms with van der Waals surface area (Å²) in [6.45, 7) is 0.423. The molecule has 2 aromatic heterocycles. The Hall–Kier alpha value is -1.37. The summed E-state index contributed by atoms with van der Waals surface area (Å²) in [7, 11) is 0. The number of rotatable bonds is 6. The second-order valence-corrected chi connectivity index (χ2v) is 4.79. The first-order valence-electron chi connectivity index (χ1n) is 5.62. The van der Waals surface area contributed by atoms with E-state index in [1.165, 1.54) is 11.8 Å². The van der Waals surface area contributed by atoms with Gasteiger partial charge in [0.25, 0.3) is 0 Å². The lowest BCUT2D eigenvalue weighted by molar-refractivity contribution is 0.113. The van der Waals surface area contributed by atoms with Crippen molar-refractivity contribution in [3.63, 3.8) is 0 Å². The molecule has 0 aliphatic heterocycles. The van der Waals surface area contributed by atoms with E-state index in [1.807, 2.05) is 29.0 Å². The molecule has 1 atom stereocenters. The predicted octanol–water partition coefficient (Wildman–Crippen LogP) is 0.772. The van der Waals surface area contributed by atoms with Crippen LogP contribution in [0.2, 0.25) is 0 Å². The van der Waals surface area contributed by atoms with Crippen molar-refractivity contribution in [2.75, 3.05) is 12.4 Å². The highest BCUT2D eigenvalue weighted by molar-refractivity contribution is 7.99. The van der Waals surface area contributed by atoms with E-state index in [1.54, 1.807) is 12.4 Å². The molecule has 0 bridgehead atoms. The summed E-state index contributed by atoms with van der Waals surface area (Å²) in [5.41, 5.74) is 0.958. The average Bonchev–Trinajstić information content (AvgIpc) is 2.84. The zero-order valence-corrected chi connectivity index (χ0v) is 10.6. The summed E-state index contributed by atoms with van der Waals surface area (Å²) in [5, 5.41) is 18.9. The maximum Gasteiger partial charge on any atom is 0.168 e. The number of aliphatic hydroxyl groups excluding tert-OH is 2. The van der Waals surface area contributed by atoms with Gasteiger partial charge in [0.05, 0.1) is 24.9 Å². The van der Waals surface area contributed by atoms with E-state index in [4.69, 9.17) is 5.11 Å². The largest absolute Gasteiger partial charge is 0.394 e. The van der Waals surface area contributed by atoms with Crippen LogP contribution in [0.1, 0.15) is 5.69 Å². The van der Waals surface area contributed by atoms with Crippen molar-refractivity contribution in [2.45, 2.75) is 17.8 Å². The quantitative estimate of drug-likeness (QED) is 0.755. The van der Waals surface area contributed by atoms with Crippen molar-refractivity contribution in [3.05, 3.63) is 42.5 Å². The van der Waals surface area contributed by atoms with Gasteiger partial charge in [-0.2, -0.15) is 0 Å². The Balaban J connectivity index is 1.99. The Kier molecular flexibility index (Phi) is 4.74. The minimum absolute atomic E-state index is 0.228. The summed E-state index contributed by atoms with van der Waals surface area (Å²) in [6.07, 6.45) is 4.64. The van der Waals surface area contributed by atoms with Crippen molar-refractivity contribution >= 4 is 11.8 Å². The van der Waals surface area contributed by atoms with Gasteiger partial charge in [-0.05, 0) is 12.1 Å². The zero-order chi connectivity index (χ0) is 12.8. The number of hydrogen-bond acceptors (Lipinski definition) is 5. The lowest BCUT2D eigenvalue weighted by atomic mass is 10.3. The van der Waals surface area contributed by atoms with Gasteiger partial charge < -0.3 is 14.8 Å². The lowest BCUT2D eigenvalue weighted by Gasteiger charge is -2.08. The van der Waals surface area contributed by atoms with Crippen LogP contribution >= 0.6 is 11.8 Å². The van der Waals surface area contributed by atoms with E-state index < -0.39 is 6.10 Å². The maximum atomic E-state index is 9.32. The molecule has 2 N–H and O–H groups in total. The second kappa shape index (κ2) is 6.53. The minimum atomic E-state index is -0.713. The Morgan fingerprint density at radius 3 is 2.89 bits per heavy atom. The highest BCUT2D eigenvalue weighted by atomic mass is 32.2. The third-order valence-corrected chi connectivity index (χ3v) is 3.50. The topological polar surface area (TPSA) is 71.2 Å². The fourth-order valence-electron chi connectivity index (χ4n) is 1.45. The first-order valence-corrected chi connectivity index (χ1v) is 6.61. The van der Waals surface area contributed by atoms with Crippen LogP contribution in [0.3, 0.4) is 0 Å². The first-order chi connectivity index (χ1) is 8.79. The van der Waals surface area contributed by atoms with Gasteiger partial charge in [-0.15, -0.1) is 0 Å². The molecule has 5 nitrogen and oxygen atoms in total. The third-order valence-electron chi connectivity index (χ3n) is 2.35. The molecule has 0 saturated heterocycles. The summed E-state index contributed by atoms with van der Waals surface area (Å²) < 4.78 is 1.97. The van der Waals surface area contributed by atoms with Crippen LogP contribution in [0.15, 0.2) is 41.9 Å². The molecule has 0 aromatic carbocycles. The van der Waals surface area contributed by atoms with Gasteiger partial charge in [0.2, 0.25) is 0 Å². The number of hydrogen-bond donors (Lipinski definition) is 2. The highest BCUT2D eigenvalue weighted by Gasteiger charge is 2.08. The molecule has 0 radical (unpaired) electrons. The van der Waals surface area contributed by atoms with Crippen molar-refractivity contribution in [1.82, 2.24) is 14.5 Å². The zero-order valence-electron chi connectivity index (χ0n) is 9.81. The molecule has 0 saturated carbocycles. The molecule has 0 spiro atoms. The number of thioether (sulfide) groups is 1. The Labute approximate surface area is 110 Å². The van der Waals surface area contributed by atoms with Crippen molar-refractivity contribution in [1.29, 1.82) is 0 Å². The molecule has 0 aliphatic rings. The summed E-state index contributed by atoms with van der Waals surface area (Å²) in [6, 6.07) is 5.78. The summed E-state index contributed by atoms with van der Waals surface area (Å²) in [4.78, 5) is 8.48. The number of nitrogens with zero attached hydrogens (tertiary/aromatic N) is 3. The third kappa shape index (κ3) is 3.56. The van der Waals surface area contributed by atoms with Gasteiger partial charge in [-0.3, -0.25) is 4.98 Å². The molecular weight excluding hydrogens is 250 g/mol. The van der Waals surface area contributed by atoms with Gasteiger partial charge in [0, 0.05) is 24.3 Å². The first kappa shape index (κ1) is 13.1. The Morgan fingerprint density at radius 1 is 1.28 bits per heavy atom. The SMILES string of the molecule is OCC(O)CSc1nccn1Cc1ccccn1. The molecule has 2 aromatic rings. The number of pyridine rings is 1. The van der Waals surface area contributed by atoms with Crippen LogP contribution in [-0.4, -0.2) is 43.2 Å². The lowest BCUT2D eigenvalue weighted by Crippen LogP contribution is -2.15.